The Morgan fingerprint density at radius 3 is 0.923 bits per heavy atom. The lowest BCUT2D eigenvalue weighted by atomic mass is 9.80. The van der Waals surface area contributed by atoms with E-state index in [0.29, 0.717) is 0 Å². The second-order valence-corrected chi connectivity index (χ2v) is 5.90. The molecule has 0 radical (unpaired) electrons. The van der Waals surface area contributed by atoms with Crippen molar-refractivity contribution in [2.75, 3.05) is 21.3 Å². The van der Waals surface area contributed by atoms with Gasteiger partial charge in [0.05, 0.1) is 21.3 Å². The first-order valence-corrected chi connectivity index (χ1v) is 8.27. The summed E-state index contributed by atoms with van der Waals surface area (Å²) >= 11 is 0. The summed E-state index contributed by atoms with van der Waals surface area (Å²) in [6.07, 6.45) is 0. The Morgan fingerprint density at radius 2 is 0.731 bits per heavy atom. The monoisotopic (exact) mass is 350 g/mol. The molecule has 0 aliphatic heterocycles. The maximum Gasteiger partial charge on any atom is 0.140 e. The number of methoxy groups -OCH3 is 3. The molecule has 0 saturated carbocycles. The van der Waals surface area contributed by atoms with E-state index in [9.17, 15) is 5.11 Å². The maximum absolute atomic E-state index is 11.8. The molecule has 3 aromatic carbocycles. The van der Waals surface area contributed by atoms with Crippen molar-refractivity contribution in [2.45, 2.75) is 5.60 Å². The highest BCUT2D eigenvalue weighted by atomic mass is 16.5. The van der Waals surface area contributed by atoms with Crippen LogP contribution in [0, 0.1) is 0 Å². The Hall–Kier alpha value is -2.98. The molecule has 0 fully saturated rings. The molecule has 0 aromatic heterocycles. The minimum Gasteiger partial charge on any atom is -0.497 e. The molecule has 0 bridgehead atoms. The lowest BCUT2D eigenvalue weighted by Gasteiger charge is -2.30. The second-order valence-electron chi connectivity index (χ2n) is 5.90. The van der Waals surface area contributed by atoms with Crippen molar-refractivity contribution in [1.29, 1.82) is 0 Å². The van der Waals surface area contributed by atoms with Crippen LogP contribution in [-0.2, 0) is 5.60 Å². The molecule has 0 unspecified atom stereocenters. The lowest BCUT2D eigenvalue weighted by Crippen LogP contribution is -2.28. The largest absolute Gasteiger partial charge is 0.497 e. The van der Waals surface area contributed by atoms with Gasteiger partial charge in [0.25, 0.3) is 0 Å². The molecule has 134 valence electrons. The lowest BCUT2D eigenvalue weighted by molar-refractivity contribution is 0.125. The Kier molecular flexibility index (Phi) is 5.14. The number of ether oxygens (including phenoxy) is 3. The van der Waals surface area contributed by atoms with E-state index in [1.54, 1.807) is 21.3 Å². The third-order valence-corrected chi connectivity index (χ3v) is 4.52. The molecule has 0 atom stereocenters. The second kappa shape index (κ2) is 7.50. The summed E-state index contributed by atoms with van der Waals surface area (Å²) in [7, 11) is 4.86. The zero-order valence-electron chi connectivity index (χ0n) is 15.1. The van der Waals surface area contributed by atoms with Gasteiger partial charge in [0.2, 0.25) is 0 Å². The normalized spacial score (nSPS) is 11.1. The van der Waals surface area contributed by atoms with Crippen LogP contribution in [-0.4, -0.2) is 26.4 Å². The number of rotatable bonds is 6. The van der Waals surface area contributed by atoms with E-state index >= 15 is 0 Å². The number of benzene rings is 3. The van der Waals surface area contributed by atoms with Crippen LogP contribution in [0.25, 0.3) is 0 Å². The van der Waals surface area contributed by atoms with Gasteiger partial charge in [-0.1, -0.05) is 36.4 Å². The van der Waals surface area contributed by atoms with Crippen LogP contribution in [0.3, 0.4) is 0 Å². The molecule has 4 heteroatoms. The summed E-state index contributed by atoms with van der Waals surface area (Å²) in [4.78, 5) is 0. The first kappa shape index (κ1) is 17.8. The van der Waals surface area contributed by atoms with Crippen LogP contribution in [0.5, 0.6) is 17.2 Å². The van der Waals surface area contributed by atoms with Gasteiger partial charge in [0, 0.05) is 0 Å². The van der Waals surface area contributed by atoms with Crippen molar-refractivity contribution >= 4 is 0 Å². The van der Waals surface area contributed by atoms with Gasteiger partial charge >= 0.3 is 0 Å². The van der Waals surface area contributed by atoms with Gasteiger partial charge in [-0.05, 0) is 53.1 Å². The average Bonchev–Trinajstić information content (AvgIpc) is 2.73. The molecule has 1 N–H and O–H groups in total. The van der Waals surface area contributed by atoms with Gasteiger partial charge in [-0.15, -0.1) is 0 Å². The number of hydrogen-bond donors (Lipinski definition) is 1. The molecule has 26 heavy (non-hydrogen) atoms. The van der Waals surface area contributed by atoms with Crippen LogP contribution in [0.15, 0.2) is 72.8 Å². The summed E-state index contributed by atoms with van der Waals surface area (Å²) in [5.41, 5.74) is 0.918. The quantitative estimate of drug-likeness (QED) is 0.683. The fourth-order valence-electron chi connectivity index (χ4n) is 3.00. The number of aliphatic hydroxyl groups is 1. The Labute approximate surface area is 153 Å². The van der Waals surface area contributed by atoms with Crippen LogP contribution in [0.2, 0.25) is 0 Å². The van der Waals surface area contributed by atoms with Crippen LogP contribution in [0.1, 0.15) is 16.7 Å². The highest BCUT2D eigenvalue weighted by molar-refractivity contribution is 5.50. The predicted molar refractivity (Wildman–Crippen MR) is 101 cm³/mol. The van der Waals surface area contributed by atoms with Crippen molar-refractivity contribution in [3.8, 4) is 17.2 Å². The summed E-state index contributed by atoms with van der Waals surface area (Å²) in [5, 5.41) is 11.8. The highest BCUT2D eigenvalue weighted by Crippen LogP contribution is 2.38. The fraction of sp³-hybridized carbons (Fsp3) is 0.182. The van der Waals surface area contributed by atoms with E-state index in [1.165, 1.54) is 0 Å². The Balaban J connectivity index is 2.15. The molecule has 0 aliphatic carbocycles. The van der Waals surface area contributed by atoms with Crippen molar-refractivity contribution in [3.63, 3.8) is 0 Å². The fourth-order valence-corrected chi connectivity index (χ4v) is 3.00. The molecule has 0 aliphatic rings. The van der Waals surface area contributed by atoms with Crippen molar-refractivity contribution < 1.29 is 19.3 Å². The highest BCUT2D eigenvalue weighted by Gasteiger charge is 2.34. The summed E-state index contributed by atoms with van der Waals surface area (Å²) in [6.45, 7) is 0. The van der Waals surface area contributed by atoms with E-state index in [1.807, 2.05) is 72.8 Å². The van der Waals surface area contributed by atoms with Crippen LogP contribution in [0.4, 0.5) is 0 Å². The third kappa shape index (κ3) is 3.24. The minimum atomic E-state index is -1.31. The van der Waals surface area contributed by atoms with Crippen LogP contribution < -0.4 is 14.2 Å². The molecule has 3 rings (SSSR count). The third-order valence-electron chi connectivity index (χ3n) is 4.52. The van der Waals surface area contributed by atoms with Crippen molar-refractivity contribution in [2.24, 2.45) is 0 Å². The van der Waals surface area contributed by atoms with E-state index in [-0.39, 0.29) is 0 Å². The summed E-state index contributed by atoms with van der Waals surface area (Å²) in [5.74, 6) is 2.21. The van der Waals surface area contributed by atoms with Gasteiger partial charge in [-0.2, -0.15) is 0 Å². The average molecular weight is 350 g/mol. The van der Waals surface area contributed by atoms with Crippen molar-refractivity contribution in [1.82, 2.24) is 0 Å². The van der Waals surface area contributed by atoms with Gasteiger partial charge in [0.15, 0.2) is 0 Å². The molecule has 0 heterocycles. The topological polar surface area (TPSA) is 47.9 Å². The number of hydrogen-bond acceptors (Lipinski definition) is 4. The van der Waals surface area contributed by atoms with Gasteiger partial charge < -0.3 is 19.3 Å². The van der Waals surface area contributed by atoms with Gasteiger partial charge in [-0.3, -0.25) is 0 Å². The van der Waals surface area contributed by atoms with E-state index < -0.39 is 5.60 Å². The summed E-state index contributed by atoms with van der Waals surface area (Å²) in [6, 6.07) is 22.3. The summed E-state index contributed by atoms with van der Waals surface area (Å²) < 4.78 is 15.7. The smallest absolute Gasteiger partial charge is 0.140 e. The molecule has 0 saturated heterocycles. The standard InChI is InChI=1S/C22H22O4/c1-24-19-10-4-16(5-11-19)22(23,17-6-12-20(25-2)13-7-17)18-8-14-21(26-3)15-9-18/h4-15,23H,1-3H3. The van der Waals surface area contributed by atoms with E-state index in [0.717, 1.165) is 33.9 Å². The predicted octanol–water partition coefficient (Wildman–Crippen LogP) is 4.00. The van der Waals surface area contributed by atoms with Gasteiger partial charge in [-0.25, -0.2) is 0 Å². The molecule has 0 spiro atoms. The molecular weight excluding hydrogens is 328 g/mol. The van der Waals surface area contributed by atoms with E-state index in [4.69, 9.17) is 14.2 Å². The van der Waals surface area contributed by atoms with Crippen LogP contribution >= 0.6 is 0 Å². The van der Waals surface area contributed by atoms with Crippen molar-refractivity contribution in [3.05, 3.63) is 89.5 Å². The Morgan fingerprint density at radius 1 is 0.500 bits per heavy atom. The molecule has 4 nitrogen and oxygen atoms in total. The zero-order valence-corrected chi connectivity index (χ0v) is 15.1. The van der Waals surface area contributed by atoms with Gasteiger partial charge in [0.1, 0.15) is 22.8 Å². The first-order chi connectivity index (χ1) is 12.6. The minimum absolute atomic E-state index is 0.737. The molecule has 3 aromatic rings. The SMILES string of the molecule is COc1ccc(C(O)(c2ccc(OC)cc2)c2ccc(OC)cc2)cc1. The first-order valence-electron chi connectivity index (χ1n) is 8.27. The van der Waals surface area contributed by atoms with E-state index in [2.05, 4.69) is 0 Å². The molecular formula is C22H22O4. The zero-order chi connectivity index (χ0) is 18.6. The molecule has 0 amide bonds. The maximum atomic E-state index is 11.8. The Bertz CT molecular complexity index is 721.